The second-order valence-electron chi connectivity index (χ2n) is 9.91. The minimum atomic E-state index is -1.16. The molecule has 0 saturated heterocycles. The van der Waals surface area contributed by atoms with Gasteiger partial charge in [0.1, 0.15) is 24.4 Å². The molecular formula is C29H38N4O6. The first kappa shape index (κ1) is 29.6. The van der Waals surface area contributed by atoms with E-state index in [1.54, 1.807) is 24.3 Å². The van der Waals surface area contributed by atoms with Crippen LogP contribution in [0.4, 0.5) is 0 Å². The van der Waals surface area contributed by atoms with Gasteiger partial charge in [-0.15, -0.1) is 0 Å². The summed E-state index contributed by atoms with van der Waals surface area (Å²) in [4.78, 5) is 51.7. The van der Waals surface area contributed by atoms with E-state index < -0.39 is 48.4 Å². The van der Waals surface area contributed by atoms with Crippen molar-refractivity contribution < 1.29 is 29.0 Å². The van der Waals surface area contributed by atoms with E-state index in [0.29, 0.717) is 18.7 Å². The van der Waals surface area contributed by atoms with Crippen LogP contribution in [0.15, 0.2) is 54.6 Å². The number of amides is 4. The van der Waals surface area contributed by atoms with E-state index in [-0.39, 0.29) is 30.9 Å². The molecule has 2 aromatic carbocycles. The Morgan fingerprint density at radius 3 is 2.46 bits per heavy atom. The Bertz CT molecular complexity index is 1120. The fraction of sp³-hybridized carbons (Fsp3) is 0.448. The first-order chi connectivity index (χ1) is 18.8. The molecule has 3 rings (SSSR count). The number of carbonyl (C=O) groups is 4. The highest BCUT2D eigenvalue weighted by molar-refractivity contribution is 5.99. The number of benzene rings is 2. The van der Waals surface area contributed by atoms with E-state index >= 15 is 0 Å². The zero-order valence-corrected chi connectivity index (χ0v) is 22.4. The molecule has 2 aromatic rings. The Balaban J connectivity index is 1.77. The summed E-state index contributed by atoms with van der Waals surface area (Å²) in [6, 6.07) is 14.0. The number of ether oxygens (including phenoxy) is 1. The average Bonchev–Trinajstić information content (AvgIpc) is 2.94. The van der Waals surface area contributed by atoms with Crippen LogP contribution in [0, 0.1) is 5.92 Å². The third-order valence-electron chi connectivity index (χ3n) is 6.58. The molecule has 1 aliphatic rings. The number of carbonyl (C=O) groups excluding carboxylic acids is 4. The van der Waals surface area contributed by atoms with E-state index in [4.69, 9.17) is 4.74 Å². The molecule has 0 saturated carbocycles. The Kier molecular flexibility index (Phi) is 11.3. The van der Waals surface area contributed by atoms with Crippen LogP contribution < -0.4 is 26.0 Å². The Hall–Kier alpha value is -3.92. The van der Waals surface area contributed by atoms with E-state index in [1.807, 2.05) is 44.2 Å². The smallest absolute Gasteiger partial charge is 0.255 e. The summed E-state index contributed by atoms with van der Waals surface area (Å²) < 4.78 is 5.94. The van der Waals surface area contributed by atoms with E-state index in [2.05, 4.69) is 21.3 Å². The maximum Gasteiger partial charge on any atom is 0.255 e. The zero-order valence-electron chi connectivity index (χ0n) is 22.4. The standard InChI is InChI=1S/C29H38N4O6/c1-19(2)24-18-39-25-13-7-6-12-21(25)27(36)32-22(14-15-26(35)31-23(17-34)29(38)33-24)28(37)30-16-8-11-20-9-4-3-5-10-20/h3-7,9-10,12-13,19,22-24,34H,8,11,14-18H2,1-2H3,(H,30,37)(H,31,35)(H,32,36)(H,33,38)/t22-,23-,24-/m0/s1. The van der Waals surface area contributed by atoms with Crippen LogP contribution in [0.25, 0.3) is 0 Å². The second kappa shape index (κ2) is 14.9. The lowest BCUT2D eigenvalue weighted by Gasteiger charge is -2.25. The monoisotopic (exact) mass is 538 g/mol. The lowest BCUT2D eigenvalue weighted by atomic mass is 10.0. The molecule has 0 aliphatic carbocycles. The normalized spacial score (nSPS) is 20.8. The molecule has 4 amide bonds. The molecule has 0 unspecified atom stereocenters. The third kappa shape index (κ3) is 9.10. The van der Waals surface area contributed by atoms with Crippen molar-refractivity contribution in [2.24, 2.45) is 5.92 Å². The molecular weight excluding hydrogens is 500 g/mol. The number of aliphatic hydroxyl groups is 1. The van der Waals surface area contributed by atoms with Crippen molar-refractivity contribution in [3.63, 3.8) is 0 Å². The maximum atomic E-state index is 13.2. The van der Waals surface area contributed by atoms with Crippen LogP contribution in [0.5, 0.6) is 5.75 Å². The topological polar surface area (TPSA) is 146 Å². The van der Waals surface area contributed by atoms with Gasteiger partial charge in [-0.25, -0.2) is 0 Å². The van der Waals surface area contributed by atoms with Crippen molar-refractivity contribution in [2.45, 2.75) is 57.7 Å². The van der Waals surface area contributed by atoms with Gasteiger partial charge in [-0.2, -0.15) is 0 Å². The number of nitrogens with one attached hydrogen (secondary N) is 4. The Labute approximate surface area is 228 Å². The summed E-state index contributed by atoms with van der Waals surface area (Å²) in [5.74, 6) is -1.71. The van der Waals surface area contributed by atoms with Gasteiger partial charge in [0.15, 0.2) is 0 Å². The molecule has 0 spiro atoms. The van der Waals surface area contributed by atoms with E-state index in [9.17, 15) is 24.3 Å². The Morgan fingerprint density at radius 1 is 1.03 bits per heavy atom. The van der Waals surface area contributed by atoms with Gasteiger partial charge >= 0.3 is 0 Å². The first-order valence-electron chi connectivity index (χ1n) is 13.3. The molecule has 1 heterocycles. The van der Waals surface area contributed by atoms with E-state index in [1.165, 1.54) is 0 Å². The molecule has 0 fully saturated rings. The van der Waals surface area contributed by atoms with Crippen LogP contribution >= 0.6 is 0 Å². The number of aryl methyl sites for hydroxylation is 1. The predicted molar refractivity (Wildman–Crippen MR) is 146 cm³/mol. The average molecular weight is 539 g/mol. The molecule has 0 radical (unpaired) electrons. The van der Waals surface area contributed by atoms with Crippen molar-refractivity contribution in [3.8, 4) is 5.75 Å². The van der Waals surface area contributed by atoms with Gasteiger partial charge in [-0.1, -0.05) is 56.3 Å². The van der Waals surface area contributed by atoms with Crippen molar-refractivity contribution in [1.29, 1.82) is 0 Å². The summed E-state index contributed by atoms with van der Waals surface area (Å²) >= 11 is 0. The Morgan fingerprint density at radius 2 is 1.74 bits per heavy atom. The van der Waals surface area contributed by atoms with Crippen molar-refractivity contribution in [1.82, 2.24) is 21.3 Å². The lowest BCUT2D eigenvalue weighted by molar-refractivity contribution is -0.131. The predicted octanol–water partition coefficient (Wildman–Crippen LogP) is 1.32. The minimum Gasteiger partial charge on any atom is -0.491 e. The number of aliphatic hydroxyl groups excluding tert-OH is 1. The van der Waals surface area contributed by atoms with Gasteiger partial charge in [0, 0.05) is 13.0 Å². The molecule has 1 aliphatic heterocycles. The van der Waals surface area contributed by atoms with Gasteiger partial charge in [0.25, 0.3) is 5.91 Å². The third-order valence-corrected chi connectivity index (χ3v) is 6.58. The van der Waals surface area contributed by atoms with Crippen LogP contribution in [0.3, 0.4) is 0 Å². The van der Waals surface area contributed by atoms with Crippen LogP contribution in [0.2, 0.25) is 0 Å². The minimum absolute atomic E-state index is 0.000493. The van der Waals surface area contributed by atoms with Crippen molar-refractivity contribution in [2.75, 3.05) is 19.8 Å². The fourth-order valence-corrected chi connectivity index (χ4v) is 4.16. The summed E-state index contributed by atoms with van der Waals surface area (Å²) in [6.07, 6.45) is 1.35. The maximum absolute atomic E-state index is 13.2. The molecule has 5 N–H and O–H groups in total. The van der Waals surface area contributed by atoms with Crippen molar-refractivity contribution >= 4 is 23.6 Å². The lowest BCUT2D eigenvalue weighted by Crippen LogP contribution is -2.54. The molecule has 0 bridgehead atoms. The second-order valence-corrected chi connectivity index (χ2v) is 9.91. The molecule has 10 nitrogen and oxygen atoms in total. The zero-order chi connectivity index (χ0) is 28.2. The van der Waals surface area contributed by atoms with Gasteiger partial charge in [-0.3, -0.25) is 19.2 Å². The first-order valence-corrected chi connectivity index (χ1v) is 13.3. The summed E-state index contributed by atoms with van der Waals surface area (Å²) in [7, 11) is 0. The van der Waals surface area contributed by atoms with Crippen LogP contribution in [-0.4, -0.2) is 66.6 Å². The molecule has 39 heavy (non-hydrogen) atoms. The number of fused-ring (bicyclic) bond motifs is 1. The van der Waals surface area contributed by atoms with Crippen LogP contribution in [-0.2, 0) is 20.8 Å². The molecule has 3 atom stereocenters. The molecule has 0 aromatic heterocycles. The molecule has 10 heteroatoms. The highest BCUT2D eigenvalue weighted by Crippen LogP contribution is 2.20. The highest BCUT2D eigenvalue weighted by Gasteiger charge is 2.28. The summed E-state index contributed by atoms with van der Waals surface area (Å²) in [6.45, 7) is 3.67. The fourth-order valence-electron chi connectivity index (χ4n) is 4.16. The largest absolute Gasteiger partial charge is 0.491 e. The quantitative estimate of drug-likeness (QED) is 0.336. The van der Waals surface area contributed by atoms with Gasteiger partial charge in [0.2, 0.25) is 17.7 Å². The van der Waals surface area contributed by atoms with Gasteiger partial charge in [0.05, 0.1) is 18.2 Å². The summed E-state index contributed by atoms with van der Waals surface area (Å²) in [5, 5.41) is 20.7. The van der Waals surface area contributed by atoms with Gasteiger partial charge in [-0.05, 0) is 42.9 Å². The highest BCUT2D eigenvalue weighted by atomic mass is 16.5. The van der Waals surface area contributed by atoms with Crippen molar-refractivity contribution in [3.05, 3.63) is 65.7 Å². The number of hydrogen-bond acceptors (Lipinski definition) is 6. The molecule has 210 valence electrons. The number of para-hydroxylation sites is 1. The number of hydrogen-bond donors (Lipinski definition) is 5. The SMILES string of the molecule is CC(C)[C@@H]1COc2ccccc2C(=O)N[C@H](C(=O)NCCCc2ccccc2)CCC(=O)N[C@@H](CO)C(=O)N1. The van der Waals surface area contributed by atoms with E-state index in [0.717, 1.165) is 12.0 Å². The summed E-state index contributed by atoms with van der Waals surface area (Å²) in [5.41, 5.74) is 1.39. The number of rotatable bonds is 7. The van der Waals surface area contributed by atoms with Crippen LogP contribution in [0.1, 0.15) is 49.0 Å². The van der Waals surface area contributed by atoms with Gasteiger partial charge < -0.3 is 31.1 Å².